The molecule has 3 heterocycles. The fourth-order valence-electron chi connectivity index (χ4n) is 3.54. The van der Waals surface area contributed by atoms with Crippen molar-refractivity contribution in [1.82, 2.24) is 4.98 Å². The molecule has 3 rings (SSSR count). The van der Waals surface area contributed by atoms with Gasteiger partial charge in [-0.25, -0.2) is 0 Å². The van der Waals surface area contributed by atoms with Gasteiger partial charge in [0.25, 0.3) is 0 Å². The second kappa shape index (κ2) is 4.88. The van der Waals surface area contributed by atoms with E-state index in [9.17, 15) is 5.11 Å². The van der Waals surface area contributed by atoms with E-state index in [1.54, 1.807) is 0 Å². The van der Waals surface area contributed by atoms with E-state index in [1.807, 2.05) is 6.20 Å². The van der Waals surface area contributed by atoms with Crippen LogP contribution in [0, 0.1) is 0 Å². The second-order valence-corrected chi connectivity index (χ2v) is 5.68. The van der Waals surface area contributed by atoms with Crippen molar-refractivity contribution in [2.45, 2.75) is 63.6 Å². The lowest BCUT2D eigenvalue weighted by atomic mass is 9.99. The van der Waals surface area contributed by atoms with Crippen molar-refractivity contribution in [3.05, 3.63) is 24.0 Å². The zero-order chi connectivity index (χ0) is 12.5. The van der Waals surface area contributed by atoms with Gasteiger partial charge in [-0.2, -0.15) is 0 Å². The van der Waals surface area contributed by atoms with Crippen molar-refractivity contribution >= 4 is 5.69 Å². The third kappa shape index (κ3) is 2.12. The van der Waals surface area contributed by atoms with Gasteiger partial charge < -0.3 is 10.0 Å². The maximum Gasteiger partial charge on any atom is 0.0579 e. The SMILES string of the molecule is CCCc1ccc(N2[C@@H]3CC[C@H]2C[C@H](O)C3)cn1. The number of pyridine rings is 1. The van der Waals surface area contributed by atoms with Crippen LogP contribution in [-0.4, -0.2) is 28.3 Å². The molecule has 3 nitrogen and oxygen atoms in total. The van der Waals surface area contributed by atoms with Gasteiger partial charge in [0, 0.05) is 17.8 Å². The summed E-state index contributed by atoms with van der Waals surface area (Å²) in [6.45, 7) is 2.18. The smallest absolute Gasteiger partial charge is 0.0579 e. The number of hydrogen-bond acceptors (Lipinski definition) is 3. The first-order valence-corrected chi connectivity index (χ1v) is 7.19. The Balaban J connectivity index is 1.78. The molecule has 2 aliphatic rings. The maximum atomic E-state index is 9.83. The lowest BCUT2D eigenvalue weighted by molar-refractivity contribution is 0.126. The fourth-order valence-corrected chi connectivity index (χ4v) is 3.54. The molecule has 2 aliphatic heterocycles. The van der Waals surface area contributed by atoms with E-state index in [1.165, 1.54) is 24.2 Å². The first kappa shape index (κ1) is 12.0. The van der Waals surface area contributed by atoms with Crippen molar-refractivity contribution in [2.24, 2.45) is 0 Å². The Morgan fingerprint density at radius 2 is 2.00 bits per heavy atom. The number of piperidine rings is 1. The molecule has 0 unspecified atom stereocenters. The molecule has 1 N–H and O–H groups in total. The molecule has 1 aromatic heterocycles. The van der Waals surface area contributed by atoms with Crippen molar-refractivity contribution in [1.29, 1.82) is 0 Å². The van der Waals surface area contributed by atoms with Crippen LogP contribution >= 0.6 is 0 Å². The van der Waals surface area contributed by atoms with Crippen LogP contribution in [0.25, 0.3) is 0 Å². The summed E-state index contributed by atoms with van der Waals surface area (Å²) in [5.41, 5.74) is 2.43. The molecule has 0 aliphatic carbocycles. The van der Waals surface area contributed by atoms with E-state index in [2.05, 4.69) is 28.9 Å². The van der Waals surface area contributed by atoms with Gasteiger partial charge in [0.05, 0.1) is 18.0 Å². The molecule has 18 heavy (non-hydrogen) atoms. The highest BCUT2D eigenvalue weighted by atomic mass is 16.3. The molecule has 0 amide bonds. The molecular formula is C15H22N2O. The summed E-state index contributed by atoms with van der Waals surface area (Å²) in [4.78, 5) is 7.05. The molecule has 2 saturated heterocycles. The van der Waals surface area contributed by atoms with Crippen LogP contribution < -0.4 is 4.90 Å². The summed E-state index contributed by atoms with van der Waals surface area (Å²) in [6, 6.07) is 5.42. The summed E-state index contributed by atoms with van der Waals surface area (Å²) in [5.74, 6) is 0. The van der Waals surface area contributed by atoms with E-state index in [0.29, 0.717) is 12.1 Å². The highest BCUT2D eigenvalue weighted by molar-refractivity contribution is 5.49. The third-order valence-electron chi connectivity index (χ3n) is 4.32. The number of rotatable bonds is 3. The summed E-state index contributed by atoms with van der Waals surface area (Å²) >= 11 is 0. The van der Waals surface area contributed by atoms with Crippen LogP contribution in [0.3, 0.4) is 0 Å². The van der Waals surface area contributed by atoms with Gasteiger partial charge >= 0.3 is 0 Å². The lowest BCUT2D eigenvalue weighted by Crippen LogP contribution is -2.44. The van der Waals surface area contributed by atoms with Crippen molar-refractivity contribution < 1.29 is 5.11 Å². The summed E-state index contributed by atoms with van der Waals surface area (Å²) in [5, 5.41) is 9.83. The van der Waals surface area contributed by atoms with Crippen LogP contribution in [-0.2, 0) is 6.42 Å². The molecule has 2 bridgehead atoms. The largest absolute Gasteiger partial charge is 0.393 e. The predicted octanol–water partition coefficient (Wildman–Crippen LogP) is 2.53. The Bertz CT molecular complexity index is 389. The van der Waals surface area contributed by atoms with Gasteiger partial charge in [0.1, 0.15) is 0 Å². The number of anilines is 1. The zero-order valence-electron chi connectivity index (χ0n) is 11.0. The van der Waals surface area contributed by atoms with Gasteiger partial charge in [0.15, 0.2) is 0 Å². The van der Waals surface area contributed by atoms with Crippen molar-refractivity contribution in [2.75, 3.05) is 4.90 Å². The van der Waals surface area contributed by atoms with E-state index in [4.69, 9.17) is 0 Å². The quantitative estimate of drug-likeness (QED) is 0.890. The van der Waals surface area contributed by atoms with Crippen molar-refractivity contribution in [3.63, 3.8) is 0 Å². The predicted molar refractivity (Wildman–Crippen MR) is 72.8 cm³/mol. The Hall–Kier alpha value is -1.09. The number of nitrogens with zero attached hydrogens (tertiary/aromatic N) is 2. The normalized spacial score (nSPS) is 30.8. The van der Waals surface area contributed by atoms with Gasteiger partial charge in [-0.15, -0.1) is 0 Å². The minimum Gasteiger partial charge on any atom is -0.393 e. The first-order valence-electron chi connectivity index (χ1n) is 7.19. The monoisotopic (exact) mass is 246 g/mol. The zero-order valence-corrected chi connectivity index (χ0v) is 11.0. The van der Waals surface area contributed by atoms with Gasteiger partial charge in [-0.05, 0) is 44.2 Å². The summed E-state index contributed by atoms with van der Waals surface area (Å²) in [6.07, 6.45) is 8.43. The number of aryl methyl sites for hydroxylation is 1. The highest BCUT2D eigenvalue weighted by Crippen LogP contribution is 2.38. The van der Waals surface area contributed by atoms with Gasteiger partial charge in [-0.1, -0.05) is 13.3 Å². The second-order valence-electron chi connectivity index (χ2n) is 5.68. The van der Waals surface area contributed by atoms with E-state index >= 15 is 0 Å². The first-order chi connectivity index (χ1) is 8.78. The van der Waals surface area contributed by atoms with Crippen LogP contribution in [0.5, 0.6) is 0 Å². The Morgan fingerprint density at radius 1 is 1.28 bits per heavy atom. The summed E-state index contributed by atoms with van der Waals surface area (Å²) < 4.78 is 0. The van der Waals surface area contributed by atoms with Crippen LogP contribution in [0.1, 0.15) is 44.7 Å². The van der Waals surface area contributed by atoms with Crippen LogP contribution in [0.2, 0.25) is 0 Å². The minimum absolute atomic E-state index is 0.0916. The lowest BCUT2D eigenvalue weighted by Gasteiger charge is -2.38. The molecule has 0 spiro atoms. The van der Waals surface area contributed by atoms with Crippen LogP contribution in [0.4, 0.5) is 5.69 Å². The Morgan fingerprint density at radius 3 is 2.56 bits per heavy atom. The Labute approximate surface area is 109 Å². The standard InChI is InChI=1S/C15H22N2O/c1-2-3-11-4-5-14(10-16-11)17-12-6-7-13(17)9-15(18)8-12/h4-5,10,12-13,15,18H,2-3,6-9H2,1H3/t12-,13+,15-. The molecule has 1 aromatic rings. The summed E-state index contributed by atoms with van der Waals surface area (Å²) in [7, 11) is 0. The molecule has 0 saturated carbocycles. The molecular weight excluding hydrogens is 224 g/mol. The molecule has 0 radical (unpaired) electrons. The average molecular weight is 246 g/mol. The van der Waals surface area contributed by atoms with Gasteiger partial charge in [-0.3, -0.25) is 4.98 Å². The number of aliphatic hydroxyl groups excluding tert-OH is 1. The van der Waals surface area contributed by atoms with E-state index < -0.39 is 0 Å². The number of aliphatic hydroxyl groups is 1. The van der Waals surface area contributed by atoms with Crippen LogP contribution in [0.15, 0.2) is 18.3 Å². The number of aromatic nitrogens is 1. The third-order valence-corrected chi connectivity index (χ3v) is 4.32. The average Bonchev–Trinajstić information content (AvgIpc) is 2.64. The molecule has 2 fully saturated rings. The van der Waals surface area contributed by atoms with Gasteiger partial charge in [0.2, 0.25) is 0 Å². The van der Waals surface area contributed by atoms with Crippen molar-refractivity contribution in [3.8, 4) is 0 Å². The topological polar surface area (TPSA) is 36.4 Å². The number of fused-ring (bicyclic) bond motifs is 2. The molecule has 3 atom stereocenters. The fraction of sp³-hybridized carbons (Fsp3) is 0.667. The highest BCUT2D eigenvalue weighted by Gasteiger charge is 2.40. The molecule has 98 valence electrons. The van der Waals surface area contributed by atoms with E-state index in [-0.39, 0.29) is 6.10 Å². The Kier molecular flexibility index (Phi) is 3.25. The van der Waals surface area contributed by atoms with E-state index in [0.717, 1.165) is 25.7 Å². The molecule has 0 aromatic carbocycles. The minimum atomic E-state index is -0.0916. The number of hydrogen-bond donors (Lipinski definition) is 1. The maximum absolute atomic E-state index is 9.83. The molecule has 3 heteroatoms.